The Balaban J connectivity index is 2.98. The highest BCUT2D eigenvalue weighted by atomic mass is 79.9. The molecule has 0 aliphatic carbocycles. The molecule has 0 saturated heterocycles. The van der Waals surface area contributed by atoms with E-state index in [1.807, 2.05) is 52.0 Å². The van der Waals surface area contributed by atoms with Crippen LogP contribution in [0.15, 0.2) is 28.7 Å². The lowest BCUT2D eigenvalue weighted by molar-refractivity contribution is -0.273. The van der Waals surface area contributed by atoms with E-state index in [1.54, 1.807) is 0 Å². The number of rotatable bonds is 1. The summed E-state index contributed by atoms with van der Waals surface area (Å²) in [6.07, 6.45) is -0.480. The lowest BCUT2D eigenvalue weighted by atomic mass is 10.1. The first-order valence-corrected chi connectivity index (χ1v) is 6.71. The molecule has 1 rings (SSSR count). The zero-order chi connectivity index (χ0) is 13.9. The van der Waals surface area contributed by atoms with Crippen LogP contribution in [0.5, 0.6) is 0 Å². The number of hydrogen-bond acceptors (Lipinski definition) is 3. The van der Waals surface area contributed by atoms with Crippen molar-refractivity contribution in [3.63, 3.8) is 0 Å². The Labute approximate surface area is 122 Å². The van der Waals surface area contributed by atoms with Gasteiger partial charge in [0.05, 0.1) is 0 Å². The van der Waals surface area contributed by atoms with Crippen molar-refractivity contribution in [2.75, 3.05) is 0 Å². The van der Waals surface area contributed by atoms with E-state index in [2.05, 4.69) is 28.7 Å². The average Bonchev–Trinajstić information content (AvgIpc) is 2.26. The Morgan fingerprint density at radius 2 is 1.78 bits per heavy atom. The molecule has 0 bridgehead atoms. The molecule has 0 atom stereocenters. The standard InChI is InChI=1S/C13H17BrNO2S/c1-9(10-5-7-11(14)8-6-10)15(18)12(16)17-13(2,3)4/h5-8,18H,1-4H3/q+1/b15-9-. The van der Waals surface area contributed by atoms with Crippen LogP contribution in [-0.2, 0) is 4.74 Å². The van der Waals surface area contributed by atoms with Crippen molar-refractivity contribution in [2.45, 2.75) is 33.3 Å². The minimum absolute atomic E-state index is 0.480. The maximum atomic E-state index is 11.8. The number of amides is 1. The van der Waals surface area contributed by atoms with E-state index >= 15 is 0 Å². The molecule has 0 aliphatic heterocycles. The predicted octanol–water partition coefficient (Wildman–Crippen LogP) is 4.05. The lowest BCUT2D eigenvalue weighted by Gasteiger charge is -2.15. The van der Waals surface area contributed by atoms with Crippen molar-refractivity contribution in [3.05, 3.63) is 34.3 Å². The first kappa shape index (κ1) is 15.2. The zero-order valence-electron chi connectivity index (χ0n) is 10.9. The molecule has 0 aromatic heterocycles. The minimum atomic E-state index is -0.530. The van der Waals surface area contributed by atoms with Crippen LogP contribution < -0.4 is 0 Å². The quantitative estimate of drug-likeness (QED) is 0.478. The Kier molecular flexibility index (Phi) is 4.99. The summed E-state index contributed by atoms with van der Waals surface area (Å²) in [5.41, 5.74) is 1.11. The summed E-state index contributed by atoms with van der Waals surface area (Å²) in [6.45, 7) is 7.28. The van der Waals surface area contributed by atoms with E-state index < -0.39 is 11.7 Å². The van der Waals surface area contributed by atoms with Crippen molar-refractivity contribution in [3.8, 4) is 0 Å². The van der Waals surface area contributed by atoms with E-state index in [4.69, 9.17) is 4.74 Å². The van der Waals surface area contributed by atoms with Crippen molar-refractivity contribution in [1.29, 1.82) is 0 Å². The van der Waals surface area contributed by atoms with Crippen molar-refractivity contribution in [2.24, 2.45) is 0 Å². The molecule has 0 fully saturated rings. The van der Waals surface area contributed by atoms with Gasteiger partial charge in [-0.15, -0.1) is 0 Å². The number of benzene rings is 1. The predicted molar refractivity (Wildman–Crippen MR) is 79.4 cm³/mol. The van der Waals surface area contributed by atoms with Gasteiger partial charge in [-0.05, 0) is 45.0 Å². The summed E-state index contributed by atoms with van der Waals surface area (Å²) >= 11 is 7.55. The second-order valence-electron chi connectivity index (χ2n) is 4.88. The van der Waals surface area contributed by atoms with Gasteiger partial charge in [0.25, 0.3) is 0 Å². The highest BCUT2D eigenvalue weighted by Gasteiger charge is 2.27. The Morgan fingerprint density at radius 3 is 2.22 bits per heavy atom. The van der Waals surface area contributed by atoms with Crippen LogP contribution in [0.4, 0.5) is 4.79 Å². The molecule has 0 aliphatic rings. The van der Waals surface area contributed by atoms with Crippen LogP contribution in [0.3, 0.4) is 0 Å². The van der Waals surface area contributed by atoms with Crippen molar-refractivity contribution in [1.82, 2.24) is 0 Å². The third kappa shape index (κ3) is 4.46. The van der Waals surface area contributed by atoms with E-state index in [-0.39, 0.29) is 0 Å². The van der Waals surface area contributed by atoms with Gasteiger partial charge in [-0.1, -0.05) is 19.9 Å². The lowest BCUT2D eigenvalue weighted by Crippen LogP contribution is -2.29. The summed E-state index contributed by atoms with van der Waals surface area (Å²) in [5, 5.41) is 0. The van der Waals surface area contributed by atoms with Gasteiger partial charge >= 0.3 is 6.09 Å². The second kappa shape index (κ2) is 5.89. The maximum Gasteiger partial charge on any atom is 0.610 e. The van der Waals surface area contributed by atoms with Gasteiger partial charge < -0.3 is 4.74 Å². The normalized spacial score (nSPS) is 13.0. The average molecular weight is 331 g/mol. The SMILES string of the molecule is C/C(c1ccc(Br)cc1)=[N+](/S)C(=O)OC(C)(C)C. The number of ether oxygens (including phenoxy) is 1. The molecule has 3 nitrogen and oxygen atoms in total. The van der Waals surface area contributed by atoms with Crippen molar-refractivity contribution < 1.29 is 13.5 Å². The fourth-order valence-electron chi connectivity index (χ4n) is 1.26. The molecular formula is C13H17BrNO2S+. The summed E-state index contributed by atoms with van der Waals surface area (Å²) < 4.78 is 7.45. The molecule has 1 amide bonds. The fourth-order valence-corrected chi connectivity index (χ4v) is 1.68. The van der Waals surface area contributed by atoms with Gasteiger partial charge in [-0.25, -0.2) is 0 Å². The Bertz CT molecular complexity index is 475. The zero-order valence-corrected chi connectivity index (χ0v) is 13.4. The third-order valence-electron chi connectivity index (χ3n) is 2.15. The summed E-state index contributed by atoms with van der Waals surface area (Å²) in [7, 11) is 0. The molecule has 1 aromatic carbocycles. The first-order valence-electron chi connectivity index (χ1n) is 5.52. The van der Waals surface area contributed by atoms with E-state index in [9.17, 15) is 4.79 Å². The topological polar surface area (TPSA) is 29.3 Å². The van der Waals surface area contributed by atoms with Crippen LogP contribution in [0.2, 0.25) is 0 Å². The first-order chi connectivity index (χ1) is 8.20. The van der Waals surface area contributed by atoms with Gasteiger partial charge in [0.2, 0.25) is 5.71 Å². The molecule has 1 aromatic rings. The summed E-state index contributed by atoms with van der Waals surface area (Å²) in [6, 6.07) is 7.64. The Morgan fingerprint density at radius 1 is 1.28 bits per heavy atom. The summed E-state index contributed by atoms with van der Waals surface area (Å²) in [4.78, 5) is 11.8. The molecule has 0 spiro atoms. The van der Waals surface area contributed by atoms with Gasteiger partial charge in [0.1, 0.15) is 5.60 Å². The van der Waals surface area contributed by atoms with Crippen LogP contribution in [0.25, 0.3) is 0 Å². The van der Waals surface area contributed by atoms with Crippen molar-refractivity contribution >= 4 is 40.5 Å². The van der Waals surface area contributed by atoms with Gasteiger partial charge in [-0.2, -0.15) is 4.79 Å². The molecule has 0 N–H and O–H groups in total. The maximum absolute atomic E-state index is 11.8. The highest BCUT2D eigenvalue weighted by Crippen LogP contribution is 2.13. The largest absolute Gasteiger partial charge is 0.610 e. The molecule has 18 heavy (non-hydrogen) atoms. The molecule has 0 heterocycles. The number of thiol groups is 1. The van der Waals surface area contributed by atoms with E-state index in [0.717, 1.165) is 15.7 Å². The van der Waals surface area contributed by atoms with Crippen LogP contribution in [0, 0.1) is 0 Å². The van der Waals surface area contributed by atoms with Crippen LogP contribution >= 0.6 is 28.7 Å². The molecule has 5 heteroatoms. The van der Waals surface area contributed by atoms with Crippen LogP contribution in [-0.4, -0.2) is 21.4 Å². The third-order valence-corrected chi connectivity index (χ3v) is 3.14. The number of carbonyl (C=O) groups excluding carboxylic acids is 1. The van der Waals surface area contributed by atoms with Gasteiger partial charge in [0, 0.05) is 17.0 Å². The highest BCUT2D eigenvalue weighted by molar-refractivity contribution is 9.10. The molecule has 0 radical (unpaired) electrons. The monoisotopic (exact) mass is 330 g/mol. The molecule has 98 valence electrons. The number of carbonyl (C=O) groups is 1. The number of halogens is 1. The Hall–Kier alpha value is -0.810. The minimum Gasteiger partial charge on any atom is -0.405 e. The van der Waals surface area contributed by atoms with E-state index in [0.29, 0.717) is 0 Å². The smallest absolute Gasteiger partial charge is 0.405 e. The summed E-state index contributed by atoms with van der Waals surface area (Å²) in [5.74, 6) is 0. The molecule has 0 saturated carbocycles. The molecular weight excluding hydrogens is 314 g/mol. The number of nitrogens with zero attached hydrogens (tertiary/aromatic N) is 1. The second-order valence-corrected chi connectivity index (χ2v) is 6.20. The van der Waals surface area contributed by atoms with Gasteiger partial charge in [0.15, 0.2) is 12.8 Å². The van der Waals surface area contributed by atoms with Gasteiger partial charge in [-0.3, -0.25) is 0 Å². The number of hydrogen-bond donors (Lipinski definition) is 1. The molecule has 0 unspecified atom stereocenters. The van der Waals surface area contributed by atoms with Crippen LogP contribution in [0.1, 0.15) is 33.3 Å². The van der Waals surface area contributed by atoms with E-state index in [1.165, 1.54) is 3.98 Å². The fraction of sp³-hybridized carbons (Fsp3) is 0.385.